The highest BCUT2D eigenvalue weighted by Gasteiger charge is 2.33. The first-order chi connectivity index (χ1) is 16.4. The van der Waals surface area contributed by atoms with Crippen molar-refractivity contribution >= 4 is 62.1 Å². The second-order valence-electron chi connectivity index (χ2n) is 7.54. The van der Waals surface area contributed by atoms with Gasteiger partial charge in [-0.05, 0) is 84.4 Å². The number of amides is 1. The number of ether oxygens (including phenoxy) is 1. The van der Waals surface area contributed by atoms with E-state index >= 15 is 0 Å². The lowest BCUT2D eigenvalue weighted by molar-refractivity contribution is -0.122. The Morgan fingerprint density at radius 3 is 2.56 bits per heavy atom. The summed E-state index contributed by atoms with van der Waals surface area (Å²) in [4.78, 5) is 20.1. The maximum absolute atomic E-state index is 13.2. The highest BCUT2D eigenvalue weighted by Crippen LogP contribution is 2.36. The van der Waals surface area contributed by atoms with Crippen molar-refractivity contribution in [3.05, 3.63) is 98.1 Å². The molecule has 1 amide bonds. The van der Waals surface area contributed by atoms with Gasteiger partial charge in [0.25, 0.3) is 5.91 Å². The van der Waals surface area contributed by atoms with Gasteiger partial charge in [0.15, 0.2) is 5.17 Å². The van der Waals surface area contributed by atoms with Gasteiger partial charge in [-0.1, -0.05) is 46.6 Å². The van der Waals surface area contributed by atoms with Crippen LogP contribution in [0, 0.1) is 5.82 Å². The lowest BCUT2D eigenvalue weighted by atomic mass is 10.1. The van der Waals surface area contributed by atoms with Gasteiger partial charge in [0.2, 0.25) is 0 Å². The Morgan fingerprint density at radius 1 is 1.12 bits per heavy atom. The van der Waals surface area contributed by atoms with Gasteiger partial charge in [-0.25, -0.2) is 9.38 Å². The Kier molecular flexibility index (Phi) is 8.08. The quantitative estimate of drug-likeness (QED) is 0.277. The fraction of sp³-hybridized carbons (Fsp3) is 0.154. The van der Waals surface area contributed by atoms with Crippen LogP contribution >= 0.6 is 39.3 Å². The predicted molar refractivity (Wildman–Crippen MR) is 141 cm³/mol. The number of nitrogens with zero attached hydrogens (tertiary/aromatic N) is 2. The SMILES string of the molecule is CCCN1C(=O)/C(=C/c2cc(Br)ccc2OCc2ccc(F)cc2)SC1=Nc1ccc(Cl)cc1. The van der Waals surface area contributed by atoms with Crippen LogP contribution in [-0.4, -0.2) is 22.5 Å². The molecule has 0 bridgehead atoms. The lowest BCUT2D eigenvalue weighted by Gasteiger charge is -2.14. The van der Waals surface area contributed by atoms with E-state index in [1.165, 1.54) is 23.9 Å². The van der Waals surface area contributed by atoms with Gasteiger partial charge < -0.3 is 4.74 Å². The van der Waals surface area contributed by atoms with E-state index in [1.807, 2.05) is 43.3 Å². The second-order valence-corrected chi connectivity index (χ2v) is 9.90. The number of hydrogen-bond acceptors (Lipinski definition) is 4. The maximum atomic E-state index is 13.2. The van der Waals surface area contributed by atoms with Crippen molar-refractivity contribution < 1.29 is 13.9 Å². The molecule has 4 nitrogen and oxygen atoms in total. The summed E-state index contributed by atoms with van der Waals surface area (Å²) in [6.07, 6.45) is 2.63. The van der Waals surface area contributed by atoms with E-state index in [9.17, 15) is 9.18 Å². The summed E-state index contributed by atoms with van der Waals surface area (Å²) in [5.74, 6) is 0.241. The average Bonchev–Trinajstić information content (AvgIpc) is 3.10. The standard InChI is InChI=1S/C26H21BrClFN2O2S/c1-2-13-31-25(32)24(34-26(31)30-22-10-6-20(28)7-11-22)15-18-14-19(27)5-12-23(18)33-16-17-3-8-21(29)9-4-17/h3-12,14-15H,2,13,16H2,1H3/b24-15-,30-26?. The molecule has 1 saturated heterocycles. The monoisotopic (exact) mass is 558 g/mol. The molecule has 4 rings (SSSR count). The minimum Gasteiger partial charge on any atom is -0.488 e. The van der Waals surface area contributed by atoms with Gasteiger partial charge in [0.1, 0.15) is 18.2 Å². The third-order valence-corrected chi connectivity index (χ3v) is 6.70. The van der Waals surface area contributed by atoms with Crippen LogP contribution in [0.25, 0.3) is 6.08 Å². The van der Waals surface area contributed by atoms with E-state index < -0.39 is 0 Å². The summed E-state index contributed by atoms with van der Waals surface area (Å²) in [5, 5.41) is 1.26. The molecule has 174 valence electrons. The van der Waals surface area contributed by atoms with Gasteiger partial charge in [0, 0.05) is 21.6 Å². The van der Waals surface area contributed by atoms with Gasteiger partial charge in [-0.15, -0.1) is 0 Å². The molecule has 0 saturated carbocycles. The zero-order valence-electron chi connectivity index (χ0n) is 18.3. The summed E-state index contributed by atoms with van der Waals surface area (Å²) < 4.78 is 20.1. The molecule has 1 heterocycles. The van der Waals surface area contributed by atoms with Crippen LogP contribution in [0.1, 0.15) is 24.5 Å². The van der Waals surface area contributed by atoms with Gasteiger partial charge in [-0.2, -0.15) is 0 Å². The summed E-state index contributed by atoms with van der Waals surface area (Å²) >= 11 is 10.8. The first-order valence-electron chi connectivity index (χ1n) is 10.7. The topological polar surface area (TPSA) is 41.9 Å². The van der Waals surface area contributed by atoms with Crippen molar-refractivity contribution in [1.82, 2.24) is 4.90 Å². The normalized spacial score (nSPS) is 16.0. The number of carbonyl (C=O) groups is 1. The Balaban J connectivity index is 1.62. The summed E-state index contributed by atoms with van der Waals surface area (Å²) in [5.41, 5.74) is 2.34. The van der Waals surface area contributed by atoms with E-state index in [-0.39, 0.29) is 18.3 Å². The van der Waals surface area contributed by atoms with Crippen molar-refractivity contribution in [2.75, 3.05) is 6.54 Å². The molecule has 0 radical (unpaired) electrons. The molecule has 34 heavy (non-hydrogen) atoms. The molecule has 0 atom stereocenters. The Bertz CT molecular complexity index is 1250. The first kappa shape index (κ1) is 24.5. The summed E-state index contributed by atoms with van der Waals surface area (Å²) in [7, 11) is 0. The zero-order valence-corrected chi connectivity index (χ0v) is 21.5. The van der Waals surface area contributed by atoms with E-state index in [4.69, 9.17) is 16.3 Å². The Hall–Kier alpha value is -2.61. The maximum Gasteiger partial charge on any atom is 0.266 e. The van der Waals surface area contributed by atoms with Crippen LogP contribution in [0.3, 0.4) is 0 Å². The van der Waals surface area contributed by atoms with Crippen LogP contribution in [-0.2, 0) is 11.4 Å². The zero-order chi connectivity index (χ0) is 24.1. The number of hydrogen-bond donors (Lipinski definition) is 0. The molecule has 0 aromatic heterocycles. The lowest BCUT2D eigenvalue weighted by Crippen LogP contribution is -2.29. The van der Waals surface area contributed by atoms with E-state index in [0.29, 0.717) is 27.4 Å². The number of halogens is 3. The fourth-order valence-electron chi connectivity index (χ4n) is 3.28. The van der Waals surface area contributed by atoms with Crippen molar-refractivity contribution in [2.45, 2.75) is 20.0 Å². The fourth-order valence-corrected chi connectivity index (χ4v) is 4.81. The van der Waals surface area contributed by atoms with Crippen molar-refractivity contribution in [3.8, 4) is 5.75 Å². The molecule has 1 fully saturated rings. The smallest absolute Gasteiger partial charge is 0.266 e. The number of benzene rings is 3. The van der Waals surface area contributed by atoms with E-state index in [1.54, 1.807) is 29.2 Å². The molecule has 1 aliphatic heterocycles. The van der Waals surface area contributed by atoms with E-state index in [2.05, 4.69) is 20.9 Å². The molecular formula is C26H21BrClFN2O2S. The van der Waals surface area contributed by atoms with Crippen LogP contribution in [0.5, 0.6) is 5.75 Å². The van der Waals surface area contributed by atoms with Gasteiger partial charge >= 0.3 is 0 Å². The molecule has 8 heteroatoms. The largest absolute Gasteiger partial charge is 0.488 e. The first-order valence-corrected chi connectivity index (χ1v) is 12.6. The molecule has 3 aromatic carbocycles. The van der Waals surface area contributed by atoms with Crippen LogP contribution in [0.15, 0.2) is 81.1 Å². The third kappa shape index (κ3) is 6.09. The summed E-state index contributed by atoms with van der Waals surface area (Å²) in [6.45, 7) is 2.88. The average molecular weight is 560 g/mol. The third-order valence-electron chi connectivity index (χ3n) is 4.95. The second kappa shape index (κ2) is 11.2. The molecule has 0 spiro atoms. The molecule has 0 N–H and O–H groups in total. The van der Waals surface area contributed by atoms with Crippen molar-refractivity contribution in [3.63, 3.8) is 0 Å². The number of carbonyl (C=O) groups excluding carboxylic acids is 1. The minimum atomic E-state index is -0.290. The molecule has 3 aromatic rings. The predicted octanol–water partition coefficient (Wildman–Crippen LogP) is 7.83. The highest BCUT2D eigenvalue weighted by molar-refractivity contribution is 9.10. The van der Waals surface area contributed by atoms with Crippen molar-refractivity contribution in [1.29, 1.82) is 0 Å². The van der Waals surface area contributed by atoms with Gasteiger partial charge in [-0.3, -0.25) is 9.69 Å². The van der Waals surface area contributed by atoms with E-state index in [0.717, 1.165) is 27.7 Å². The number of thioether (sulfide) groups is 1. The minimum absolute atomic E-state index is 0.0935. The van der Waals surface area contributed by atoms with Gasteiger partial charge in [0.05, 0.1) is 10.6 Å². The highest BCUT2D eigenvalue weighted by atomic mass is 79.9. The Labute approximate surface area is 215 Å². The number of aliphatic imine (C=N–C) groups is 1. The molecule has 1 aliphatic rings. The summed E-state index contributed by atoms with van der Waals surface area (Å²) in [6, 6.07) is 19.0. The number of rotatable bonds is 7. The Morgan fingerprint density at radius 2 is 1.85 bits per heavy atom. The molecular weight excluding hydrogens is 539 g/mol. The van der Waals surface area contributed by atoms with Crippen LogP contribution in [0.2, 0.25) is 5.02 Å². The number of amidine groups is 1. The van der Waals surface area contributed by atoms with Crippen LogP contribution in [0.4, 0.5) is 10.1 Å². The molecule has 0 aliphatic carbocycles. The molecule has 0 unspecified atom stereocenters. The van der Waals surface area contributed by atoms with Crippen molar-refractivity contribution in [2.24, 2.45) is 4.99 Å². The van der Waals surface area contributed by atoms with Crippen LogP contribution < -0.4 is 4.74 Å².